The molecule has 0 aromatic carbocycles. The van der Waals surface area contributed by atoms with Crippen molar-refractivity contribution in [1.82, 2.24) is 4.98 Å². The molecule has 2 rings (SSSR count). The third kappa shape index (κ3) is 2.57. The van der Waals surface area contributed by atoms with Gasteiger partial charge in [-0.3, -0.25) is 4.98 Å². The van der Waals surface area contributed by atoms with E-state index in [0.717, 1.165) is 25.0 Å². The molecule has 3 heteroatoms. The maximum absolute atomic E-state index is 10.6. The molecule has 0 saturated carbocycles. The number of pyridine rings is 1. The fourth-order valence-electron chi connectivity index (χ4n) is 2.89. The van der Waals surface area contributed by atoms with Crippen molar-refractivity contribution in [3.8, 4) is 0 Å². The van der Waals surface area contributed by atoms with Crippen molar-refractivity contribution < 1.29 is 9.84 Å². The maximum Gasteiger partial charge on any atom is 0.0907 e. The predicted octanol–water partition coefficient (Wildman–Crippen LogP) is 2.68. The fourth-order valence-corrected chi connectivity index (χ4v) is 2.89. The highest BCUT2D eigenvalue weighted by Gasteiger charge is 2.38. The van der Waals surface area contributed by atoms with E-state index in [4.69, 9.17) is 4.74 Å². The van der Waals surface area contributed by atoms with Gasteiger partial charge in [0.15, 0.2) is 0 Å². The Balaban J connectivity index is 2.25. The molecule has 3 nitrogen and oxygen atoms in total. The van der Waals surface area contributed by atoms with Gasteiger partial charge in [-0.15, -0.1) is 0 Å². The Hall–Kier alpha value is -0.930. The molecule has 1 aliphatic rings. The van der Waals surface area contributed by atoms with Crippen LogP contribution < -0.4 is 0 Å². The van der Waals surface area contributed by atoms with Crippen LogP contribution in [-0.2, 0) is 11.2 Å². The smallest absolute Gasteiger partial charge is 0.0907 e. The third-order valence-electron chi connectivity index (χ3n) is 3.85. The lowest BCUT2D eigenvalue weighted by Gasteiger charge is -2.37. The summed E-state index contributed by atoms with van der Waals surface area (Å²) >= 11 is 0. The molecule has 1 aromatic rings. The van der Waals surface area contributed by atoms with Gasteiger partial charge in [0.25, 0.3) is 0 Å². The van der Waals surface area contributed by atoms with Gasteiger partial charge in [0.05, 0.1) is 11.7 Å². The normalized spacial score (nSPS) is 21.4. The van der Waals surface area contributed by atoms with Gasteiger partial charge in [0.2, 0.25) is 0 Å². The molecule has 0 fully saturated rings. The zero-order valence-electron chi connectivity index (χ0n) is 11.5. The van der Waals surface area contributed by atoms with Gasteiger partial charge in [-0.1, -0.05) is 6.07 Å². The summed E-state index contributed by atoms with van der Waals surface area (Å²) in [5.74, 6) is 0.0940. The van der Waals surface area contributed by atoms with Crippen molar-refractivity contribution >= 4 is 0 Å². The molecule has 1 heterocycles. The number of hydrogen-bond acceptors (Lipinski definition) is 3. The maximum atomic E-state index is 10.6. The van der Waals surface area contributed by atoms with Gasteiger partial charge in [-0.2, -0.15) is 0 Å². The van der Waals surface area contributed by atoms with Gasteiger partial charge < -0.3 is 9.84 Å². The summed E-state index contributed by atoms with van der Waals surface area (Å²) in [6.07, 6.45) is 4.48. The van der Waals surface area contributed by atoms with Crippen LogP contribution in [0.5, 0.6) is 0 Å². The SMILES string of the molecule is CCOC(C)(C)C(O)C1CCCc2cccnc21. The van der Waals surface area contributed by atoms with E-state index in [-0.39, 0.29) is 5.92 Å². The molecule has 2 atom stereocenters. The molecule has 2 unspecified atom stereocenters. The Morgan fingerprint density at radius 1 is 1.56 bits per heavy atom. The summed E-state index contributed by atoms with van der Waals surface area (Å²) in [7, 11) is 0. The second-order valence-corrected chi connectivity index (χ2v) is 5.53. The van der Waals surface area contributed by atoms with Crippen molar-refractivity contribution in [3.63, 3.8) is 0 Å². The molecule has 100 valence electrons. The Bertz CT molecular complexity index is 403. The highest BCUT2D eigenvalue weighted by molar-refractivity contribution is 5.27. The van der Waals surface area contributed by atoms with Crippen molar-refractivity contribution in [1.29, 1.82) is 0 Å². The second kappa shape index (κ2) is 5.37. The summed E-state index contributed by atoms with van der Waals surface area (Å²) in [4.78, 5) is 4.48. The number of ether oxygens (including phenoxy) is 1. The number of hydrogen-bond donors (Lipinski definition) is 1. The topological polar surface area (TPSA) is 42.4 Å². The molecule has 1 N–H and O–H groups in total. The minimum atomic E-state index is -0.522. The Labute approximate surface area is 109 Å². The third-order valence-corrected chi connectivity index (χ3v) is 3.85. The molecule has 0 aliphatic heterocycles. The van der Waals surface area contributed by atoms with Crippen LogP contribution in [0.15, 0.2) is 18.3 Å². The van der Waals surface area contributed by atoms with E-state index in [1.165, 1.54) is 5.56 Å². The van der Waals surface area contributed by atoms with Crippen molar-refractivity contribution in [2.24, 2.45) is 0 Å². The molecule has 0 amide bonds. The second-order valence-electron chi connectivity index (χ2n) is 5.53. The molecular formula is C15H23NO2. The molecule has 0 spiro atoms. The standard InChI is InChI=1S/C15H23NO2/c1-4-18-15(2,3)14(17)12-9-5-7-11-8-6-10-16-13(11)12/h6,8,10,12,14,17H,4-5,7,9H2,1-3H3. The van der Waals surface area contributed by atoms with E-state index in [1.807, 2.05) is 33.0 Å². The predicted molar refractivity (Wildman–Crippen MR) is 71.6 cm³/mol. The average Bonchev–Trinajstić information content (AvgIpc) is 2.37. The summed E-state index contributed by atoms with van der Waals surface area (Å²) < 4.78 is 5.68. The quantitative estimate of drug-likeness (QED) is 0.892. The Morgan fingerprint density at radius 3 is 3.06 bits per heavy atom. The first kappa shape index (κ1) is 13.5. The highest BCUT2D eigenvalue weighted by atomic mass is 16.5. The summed E-state index contributed by atoms with van der Waals surface area (Å²) in [5, 5.41) is 10.6. The lowest BCUT2D eigenvalue weighted by Crippen LogP contribution is -2.44. The average molecular weight is 249 g/mol. The van der Waals surface area contributed by atoms with E-state index in [0.29, 0.717) is 6.61 Å². The first-order valence-corrected chi connectivity index (χ1v) is 6.82. The Morgan fingerprint density at radius 2 is 2.33 bits per heavy atom. The minimum absolute atomic E-state index is 0.0940. The number of aromatic nitrogens is 1. The largest absolute Gasteiger partial charge is 0.389 e. The van der Waals surface area contributed by atoms with Crippen LogP contribution in [0, 0.1) is 0 Å². The van der Waals surface area contributed by atoms with E-state index >= 15 is 0 Å². The molecular weight excluding hydrogens is 226 g/mol. The lowest BCUT2D eigenvalue weighted by atomic mass is 9.78. The van der Waals surface area contributed by atoms with Crippen LogP contribution >= 0.6 is 0 Å². The van der Waals surface area contributed by atoms with Crippen molar-refractivity contribution in [2.45, 2.75) is 57.7 Å². The van der Waals surface area contributed by atoms with Crippen LogP contribution in [0.25, 0.3) is 0 Å². The fraction of sp³-hybridized carbons (Fsp3) is 0.667. The number of nitrogens with zero attached hydrogens (tertiary/aromatic N) is 1. The zero-order valence-corrected chi connectivity index (χ0v) is 11.5. The van der Waals surface area contributed by atoms with Crippen LogP contribution in [0.4, 0.5) is 0 Å². The van der Waals surface area contributed by atoms with Gasteiger partial charge >= 0.3 is 0 Å². The summed E-state index contributed by atoms with van der Waals surface area (Å²) in [5.41, 5.74) is 1.81. The Kier molecular flexibility index (Phi) is 4.03. The molecule has 1 aliphatic carbocycles. The molecule has 18 heavy (non-hydrogen) atoms. The van der Waals surface area contributed by atoms with Gasteiger partial charge in [-0.25, -0.2) is 0 Å². The van der Waals surface area contributed by atoms with Gasteiger partial charge in [0, 0.05) is 24.4 Å². The van der Waals surface area contributed by atoms with Crippen molar-refractivity contribution in [3.05, 3.63) is 29.6 Å². The monoisotopic (exact) mass is 249 g/mol. The van der Waals surface area contributed by atoms with Crippen LogP contribution in [0.3, 0.4) is 0 Å². The molecule has 0 bridgehead atoms. The van der Waals surface area contributed by atoms with E-state index < -0.39 is 11.7 Å². The van der Waals surface area contributed by atoms with Crippen LogP contribution in [-0.4, -0.2) is 28.4 Å². The summed E-state index contributed by atoms with van der Waals surface area (Å²) in [6.45, 7) is 6.49. The van der Waals surface area contributed by atoms with E-state index in [1.54, 1.807) is 0 Å². The van der Waals surface area contributed by atoms with E-state index in [2.05, 4.69) is 11.1 Å². The first-order chi connectivity index (χ1) is 8.56. The number of aliphatic hydroxyl groups is 1. The summed E-state index contributed by atoms with van der Waals surface area (Å²) in [6, 6.07) is 4.09. The molecule has 1 aromatic heterocycles. The van der Waals surface area contributed by atoms with E-state index in [9.17, 15) is 5.11 Å². The van der Waals surface area contributed by atoms with Crippen LogP contribution in [0.2, 0.25) is 0 Å². The number of aliphatic hydroxyl groups excluding tert-OH is 1. The lowest BCUT2D eigenvalue weighted by molar-refractivity contribution is -0.108. The minimum Gasteiger partial charge on any atom is -0.389 e. The highest BCUT2D eigenvalue weighted by Crippen LogP contribution is 2.36. The van der Waals surface area contributed by atoms with Gasteiger partial charge in [0.1, 0.15) is 0 Å². The van der Waals surface area contributed by atoms with Crippen LogP contribution in [0.1, 0.15) is 50.8 Å². The number of fused-ring (bicyclic) bond motifs is 1. The zero-order chi connectivity index (χ0) is 13.2. The number of rotatable bonds is 4. The molecule has 0 saturated heterocycles. The van der Waals surface area contributed by atoms with Crippen molar-refractivity contribution in [2.75, 3.05) is 6.61 Å². The number of aryl methyl sites for hydroxylation is 1. The first-order valence-electron chi connectivity index (χ1n) is 6.82. The van der Waals surface area contributed by atoms with Gasteiger partial charge in [-0.05, 0) is 51.7 Å². The molecule has 0 radical (unpaired) electrons.